The van der Waals surface area contributed by atoms with Gasteiger partial charge in [-0.05, 0) is 24.9 Å². The van der Waals surface area contributed by atoms with Gasteiger partial charge in [0.15, 0.2) is 0 Å². The molecule has 0 aromatic carbocycles. The first kappa shape index (κ1) is 9.90. The Bertz CT molecular complexity index is 328. The van der Waals surface area contributed by atoms with Gasteiger partial charge >= 0.3 is 0 Å². The van der Waals surface area contributed by atoms with E-state index in [1.165, 1.54) is 18.7 Å². The fraction of sp³-hybridized carbons (Fsp3) is 0.700. The van der Waals surface area contributed by atoms with E-state index < -0.39 is 0 Å². The molecule has 1 aliphatic carbocycles. The number of thioether (sulfide) groups is 1. The highest BCUT2D eigenvalue weighted by Crippen LogP contribution is 2.40. The number of hydrogen-bond acceptors (Lipinski definition) is 3. The molecule has 1 aliphatic rings. The molecule has 0 bridgehead atoms. The van der Waals surface area contributed by atoms with Gasteiger partial charge in [-0.1, -0.05) is 0 Å². The van der Waals surface area contributed by atoms with Gasteiger partial charge in [0.25, 0.3) is 0 Å². The van der Waals surface area contributed by atoms with Crippen LogP contribution in [0.2, 0.25) is 0 Å². The quantitative estimate of drug-likeness (QED) is 0.825. The first-order valence-electron chi connectivity index (χ1n) is 5.04. The van der Waals surface area contributed by atoms with Gasteiger partial charge in [0.1, 0.15) is 11.6 Å². The summed E-state index contributed by atoms with van der Waals surface area (Å²) in [4.78, 5) is 4.63. The number of aryl methyl sites for hydroxylation is 1. The van der Waals surface area contributed by atoms with Crippen molar-refractivity contribution in [2.45, 2.75) is 25.2 Å². The van der Waals surface area contributed by atoms with Gasteiger partial charge in [-0.2, -0.15) is 11.8 Å². The van der Waals surface area contributed by atoms with Crippen LogP contribution in [-0.4, -0.2) is 21.6 Å². The molecule has 2 rings (SSSR count). The Morgan fingerprint density at radius 2 is 2.29 bits per heavy atom. The number of hydrogen-bond donors (Lipinski definition) is 1. The Balaban J connectivity index is 2.18. The summed E-state index contributed by atoms with van der Waals surface area (Å²) in [6.07, 6.45) is 5.67. The molecule has 1 heterocycles. The third-order valence-electron chi connectivity index (χ3n) is 2.74. The summed E-state index contributed by atoms with van der Waals surface area (Å²) >= 11 is 1.84. The van der Waals surface area contributed by atoms with E-state index in [1.807, 2.05) is 18.8 Å². The van der Waals surface area contributed by atoms with Crippen molar-refractivity contribution in [3.05, 3.63) is 11.5 Å². The van der Waals surface area contributed by atoms with Crippen molar-refractivity contribution in [1.29, 1.82) is 0 Å². The first-order valence-corrected chi connectivity index (χ1v) is 6.43. The smallest absolute Gasteiger partial charge is 0.126 e. The third-order valence-corrected chi connectivity index (χ3v) is 3.35. The molecule has 14 heavy (non-hydrogen) atoms. The van der Waals surface area contributed by atoms with Gasteiger partial charge in [-0.15, -0.1) is 0 Å². The summed E-state index contributed by atoms with van der Waals surface area (Å²) in [6.45, 7) is 0. The van der Waals surface area contributed by atoms with E-state index in [0.717, 1.165) is 23.7 Å². The normalized spacial score (nSPS) is 16.1. The summed E-state index contributed by atoms with van der Waals surface area (Å²) in [5.74, 6) is 3.84. The number of aromatic nitrogens is 2. The fourth-order valence-corrected chi connectivity index (χ4v) is 2.07. The molecule has 0 aliphatic heterocycles. The van der Waals surface area contributed by atoms with Crippen molar-refractivity contribution in [3.8, 4) is 0 Å². The average molecular weight is 211 g/mol. The zero-order valence-corrected chi connectivity index (χ0v) is 9.60. The zero-order chi connectivity index (χ0) is 10.1. The molecule has 0 amide bonds. The monoisotopic (exact) mass is 211 g/mol. The van der Waals surface area contributed by atoms with E-state index in [1.54, 1.807) is 0 Å². The number of nitrogen functional groups attached to an aromatic ring is 1. The Labute approximate surface area is 89.1 Å². The Morgan fingerprint density at radius 1 is 1.57 bits per heavy atom. The highest BCUT2D eigenvalue weighted by atomic mass is 32.2. The highest BCUT2D eigenvalue weighted by molar-refractivity contribution is 7.98. The van der Waals surface area contributed by atoms with Crippen LogP contribution in [0.4, 0.5) is 5.82 Å². The van der Waals surface area contributed by atoms with E-state index >= 15 is 0 Å². The Hall–Kier alpha value is -0.640. The predicted molar refractivity (Wildman–Crippen MR) is 61.7 cm³/mol. The zero-order valence-electron chi connectivity index (χ0n) is 8.79. The van der Waals surface area contributed by atoms with Gasteiger partial charge in [0.05, 0.1) is 5.69 Å². The molecule has 78 valence electrons. The SMILES string of the molecule is CSCCc1nc(C2CC2)n(C)c1N. The van der Waals surface area contributed by atoms with Crippen LogP contribution in [0.5, 0.6) is 0 Å². The highest BCUT2D eigenvalue weighted by Gasteiger charge is 2.29. The summed E-state index contributed by atoms with van der Waals surface area (Å²) in [6, 6.07) is 0. The molecule has 1 aromatic heterocycles. The van der Waals surface area contributed by atoms with Gasteiger partial charge in [0.2, 0.25) is 0 Å². The topological polar surface area (TPSA) is 43.8 Å². The number of anilines is 1. The van der Waals surface area contributed by atoms with Crippen molar-refractivity contribution in [2.75, 3.05) is 17.7 Å². The standard InChI is InChI=1S/C10H17N3S/c1-13-9(11)8(5-6-14-2)12-10(13)7-3-4-7/h7H,3-6,11H2,1-2H3. The minimum Gasteiger partial charge on any atom is -0.384 e. The number of nitrogens with two attached hydrogens (primary N) is 1. The molecule has 1 fully saturated rings. The second-order valence-electron chi connectivity index (χ2n) is 3.88. The molecule has 4 heteroatoms. The maximum Gasteiger partial charge on any atom is 0.126 e. The first-order chi connectivity index (χ1) is 6.74. The average Bonchev–Trinajstić information content (AvgIpc) is 2.96. The Kier molecular flexibility index (Phi) is 2.72. The maximum absolute atomic E-state index is 6.00. The lowest BCUT2D eigenvalue weighted by Crippen LogP contribution is -2.01. The molecular formula is C10H17N3S. The molecule has 0 radical (unpaired) electrons. The molecule has 0 spiro atoms. The second kappa shape index (κ2) is 3.85. The van der Waals surface area contributed by atoms with Crippen LogP contribution in [0.3, 0.4) is 0 Å². The minimum absolute atomic E-state index is 0.685. The van der Waals surface area contributed by atoms with E-state index in [4.69, 9.17) is 5.73 Å². The van der Waals surface area contributed by atoms with Gasteiger partial charge in [-0.3, -0.25) is 0 Å². The summed E-state index contributed by atoms with van der Waals surface area (Å²) in [5, 5.41) is 0. The van der Waals surface area contributed by atoms with Crippen molar-refractivity contribution in [1.82, 2.24) is 9.55 Å². The summed E-state index contributed by atoms with van der Waals surface area (Å²) in [5.41, 5.74) is 7.09. The van der Waals surface area contributed by atoms with Gasteiger partial charge < -0.3 is 10.3 Å². The lowest BCUT2D eigenvalue weighted by Gasteiger charge is -2.00. The maximum atomic E-state index is 6.00. The van der Waals surface area contributed by atoms with Crippen LogP contribution in [-0.2, 0) is 13.5 Å². The van der Waals surface area contributed by atoms with Crippen LogP contribution in [0.1, 0.15) is 30.3 Å². The second-order valence-corrected chi connectivity index (χ2v) is 4.86. The van der Waals surface area contributed by atoms with Crippen LogP contribution >= 0.6 is 11.8 Å². The molecular weight excluding hydrogens is 194 g/mol. The van der Waals surface area contributed by atoms with E-state index in [2.05, 4.69) is 15.8 Å². The van der Waals surface area contributed by atoms with Crippen molar-refractivity contribution >= 4 is 17.6 Å². The largest absolute Gasteiger partial charge is 0.384 e. The van der Waals surface area contributed by atoms with Crippen molar-refractivity contribution in [2.24, 2.45) is 7.05 Å². The third kappa shape index (κ3) is 1.75. The summed E-state index contributed by atoms with van der Waals surface area (Å²) in [7, 11) is 2.03. The molecule has 0 unspecified atom stereocenters. The number of nitrogens with zero attached hydrogens (tertiary/aromatic N) is 2. The van der Waals surface area contributed by atoms with Crippen LogP contribution in [0, 0.1) is 0 Å². The van der Waals surface area contributed by atoms with Crippen molar-refractivity contribution < 1.29 is 0 Å². The predicted octanol–water partition coefficient (Wildman–Crippen LogP) is 1.79. The van der Waals surface area contributed by atoms with Crippen LogP contribution < -0.4 is 5.73 Å². The molecule has 0 saturated heterocycles. The van der Waals surface area contributed by atoms with Crippen LogP contribution in [0.15, 0.2) is 0 Å². The van der Waals surface area contributed by atoms with Gasteiger partial charge in [0, 0.05) is 19.4 Å². The Morgan fingerprint density at radius 3 is 2.86 bits per heavy atom. The number of imidazole rings is 1. The van der Waals surface area contributed by atoms with E-state index in [9.17, 15) is 0 Å². The van der Waals surface area contributed by atoms with Crippen molar-refractivity contribution in [3.63, 3.8) is 0 Å². The fourth-order valence-electron chi connectivity index (χ4n) is 1.68. The molecule has 0 atom stereocenters. The summed E-state index contributed by atoms with van der Waals surface area (Å²) < 4.78 is 2.06. The molecule has 3 nitrogen and oxygen atoms in total. The van der Waals surface area contributed by atoms with Crippen LogP contribution in [0.25, 0.3) is 0 Å². The minimum atomic E-state index is 0.685. The lowest BCUT2D eigenvalue weighted by atomic mass is 10.3. The lowest BCUT2D eigenvalue weighted by molar-refractivity contribution is 0.806. The van der Waals surface area contributed by atoms with E-state index in [0.29, 0.717) is 5.92 Å². The molecule has 1 saturated carbocycles. The van der Waals surface area contributed by atoms with E-state index in [-0.39, 0.29) is 0 Å². The number of rotatable bonds is 4. The molecule has 2 N–H and O–H groups in total. The molecule has 1 aromatic rings. The van der Waals surface area contributed by atoms with Gasteiger partial charge in [-0.25, -0.2) is 4.98 Å².